The van der Waals surface area contributed by atoms with Gasteiger partial charge in [0.05, 0.1) is 0 Å². The zero-order valence-electron chi connectivity index (χ0n) is 7.97. The first-order valence-electron chi connectivity index (χ1n) is 4.21. The summed E-state index contributed by atoms with van der Waals surface area (Å²) < 4.78 is 57.8. The first-order chi connectivity index (χ1) is 6.81. The van der Waals surface area contributed by atoms with Gasteiger partial charge in [-0.15, -0.1) is 5.73 Å². The molecule has 88 valence electrons. The van der Waals surface area contributed by atoms with Crippen LogP contribution in [0.2, 0.25) is 0 Å². The molecule has 0 heterocycles. The number of sulfonamides is 1. The summed E-state index contributed by atoms with van der Waals surface area (Å²) in [6, 6.07) is 0. The molecular formula is C8H12F3NO2S. The lowest BCUT2D eigenvalue weighted by molar-refractivity contribution is -0.0447. The zero-order valence-corrected chi connectivity index (χ0v) is 8.79. The Balaban J connectivity index is 3.83. The lowest BCUT2D eigenvalue weighted by Crippen LogP contribution is -2.36. The van der Waals surface area contributed by atoms with Crippen LogP contribution >= 0.6 is 0 Å². The third-order valence-electron chi connectivity index (χ3n) is 1.52. The van der Waals surface area contributed by atoms with E-state index in [0.717, 1.165) is 0 Å². The van der Waals surface area contributed by atoms with Gasteiger partial charge in [0.1, 0.15) is 0 Å². The Morgan fingerprint density at radius 3 is 2.40 bits per heavy atom. The third kappa shape index (κ3) is 5.61. The van der Waals surface area contributed by atoms with E-state index in [4.69, 9.17) is 0 Å². The highest BCUT2D eigenvalue weighted by molar-refractivity contribution is 7.90. The van der Waals surface area contributed by atoms with Crippen molar-refractivity contribution in [2.75, 3.05) is 6.54 Å². The first kappa shape index (κ1) is 14.2. The van der Waals surface area contributed by atoms with Gasteiger partial charge in [-0.1, -0.05) is 6.58 Å². The monoisotopic (exact) mass is 243 g/mol. The third-order valence-corrected chi connectivity index (χ3v) is 2.71. The van der Waals surface area contributed by atoms with Crippen molar-refractivity contribution in [2.45, 2.75) is 24.8 Å². The van der Waals surface area contributed by atoms with Crippen LogP contribution in [-0.4, -0.2) is 20.5 Å². The van der Waals surface area contributed by atoms with Gasteiger partial charge in [-0.3, -0.25) is 0 Å². The minimum absolute atomic E-state index is 0.215. The van der Waals surface area contributed by atoms with Crippen LogP contribution in [-0.2, 0) is 10.0 Å². The number of halogens is 3. The Labute approximate surface area is 86.7 Å². The molecular weight excluding hydrogens is 231 g/mol. The van der Waals surface area contributed by atoms with E-state index in [1.165, 1.54) is 4.72 Å². The Kier molecular flexibility index (Phi) is 5.64. The maximum Gasteiger partial charge on any atom is 0.511 e. The number of alkyl halides is 3. The van der Waals surface area contributed by atoms with Crippen molar-refractivity contribution in [1.29, 1.82) is 0 Å². The van der Waals surface area contributed by atoms with E-state index in [2.05, 4.69) is 12.3 Å². The van der Waals surface area contributed by atoms with Gasteiger partial charge in [-0.05, 0) is 25.3 Å². The lowest BCUT2D eigenvalue weighted by Gasteiger charge is -2.08. The number of nitrogens with one attached hydrogen (secondary N) is 1. The van der Waals surface area contributed by atoms with Crippen molar-refractivity contribution in [2.24, 2.45) is 0 Å². The van der Waals surface area contributed by atoms with Gasteiger partial charge in [0.2, 0.25) is 0 Å². The van der Waals surface area contributed by atoms with Crippen LogP contribution in [0.25, 0.3) is 0 Å². The fourth-order valence-corrected chi connectivity index (χ4v) is 1.34. The second kappa shape index (κ2) is 5.95. The second-order valence-electron chi connectivity index (χ2n) is 2.75. The van der Waals surface area contributed by atoms with Crippen LogP contribution in [0.4, 0.5) is 13.2 Å². The molecule has 0 fully saturated rings. The van der Waals surface area contributed by atoms with Gasteiger partial charge < -0.3 is 0 Å². The molecule has 0 unspecified atom stereocenters. The Morgan fingerprint density at radius 2 is 1.93 bits per heavy atom. The van der Waals surface area contributed by atoms with Gasteiger partial charge in [-0.25, -0.2) is 13.1 Å². The summed E-state index contributed by atoms with van der Waals surface area (Å²) in [6.07, 6.45) is 3.19. The Hall–Kier alpha value is -0.780. The molecule has 7 heteroatoms. The standard InChI is InChI=1S/C8H12F3NO2S/c1-2-3-4-5-6-7-12-15(13,14)8(9,10)11/h3,12H,1,4-7H2. The van der Waals surface area contributed by atoms with Crippen molar-refractivity contribution in [3.05, 3.63) is 18.4 Å². The van der Waals surface area contributed by atoms with Gasteiger partial charge in [-0.2, -0.15) is 13.2 Å². The lowest BCUT2D eigenvalue weighted by atomic mass is 10.2. The highest BCUT2D eigenvalue weighted by atomic mass is 32.2. The van der Waals surface area contributed by atoms with Crippen molar-refractivity contribution >= 4 is 10.0 Å². The van der Waals surface area contributed by atoms with Crippen LogP contribution < -0.4 is 4.72 Å². The number of hydrogen-bond donors (Lipinski definition) is 1. The SMILES string of the molecule is C=C=CCCCCNS(=O)(=O)C(F)(F)F. The van der Waals surface area contributed by atoms with Crippen LogP contribution in [0, 0.1) is 0 Å². The fraction of sp³-hybridized carbons (Fsp3) is 0.625. The van der Waals surface area contributed by atoms with Crippen LogP contribution in [0.3, 0.4) is 0 Å². The van der Waals surface area contributed by atoms with Crippen LogP contribution in [0.1, 0.15) is 19.3 Å². The molecule has 0 aromatic rings. The van der Waals surface area contributed by atoms with Crippen LogP contribution in [0.5, 0.6) is 0 Å². The molecule has 0 rings (SSSR count). The van der Waals surface area contributed by atoms with Crippen molar-refractivity contribution in [3.8, 4) is 0 Å². The predicted octanol–water partition coefficient (Wildman–Crippen LogP) is 1.94. The van der Waals surface area contributed by atoms with E-state index in [9.17, 15) is 21.6 Å². The summed E-state index contributed by atoms with van der Waals surface area (Å²) in [5.74, 6) is 0. The Morgan fingerprint density at radius 1 is 1.33 bits per heavy atom. The van der Waals surface area contributed by atoms with E-state index >= 15 is 0 Å². The average molecular weight is 243 g/mol. The molecule has 0 aliphatic heterocycles. The van der Waals surface area contributed by atoms with E-state index in [1.807, 2.05) is 0 Å². The normalized spacial score (nSPS) is 12.2. The summed E-state index contributed by atoms with van der Waals surface area (Å²) in [7, 11) is -5.18. The molecule has 0 radical (unpaired) electrons. The molecule has 0 amide bonds. The zero-order chi connectivity index (χ0) is 11.9. The second-order valence-corrected chi connectivity index (χ2v) is 4.51. The van der Waals surface area contributed by atoms with E-state index < -0.39 is 15.5 Å². The number of hydrogen-bond acceptors (Lipinski definition) is 2. The first-order valence-corrected chi connectivity index (χ1v) is 5.70. The summed E-state index contributed by atoms with van der Waals surface area (Å²) in [5, 5.41) is 0. The van der Waals surface area contributed by atoms with Gasteiger partial charge >= 0.3 is 15.5 Å². The van der Waals surface area contributed by atoms with Crippen molar-refractivity contribution in [3.63, 3.8) is 0 Å². The Bertz CT molecular complexity index is 328. The smallest absolute Gasteiger partial charge is 0.207 e. The molecule has 0 aromatic heterocycles. The molecule has 0 bridgehead atoms. The fourth-order valence-electron chi connectivity index (χ4n) is 0.762. The molecule has 0 saturated carbocycles. The van der Waals surface area contributed by atoms with Crippen molar-refractivity contribution in [1.82, 2.24) is 4.72 Å². The number of unbranched alkanes of at least 4 members (excludes halogenated alkanes) is 2. The minimum atomic E-state index is -5.23. The van der Waals surface area contributed by atoms with Gasteiger partial charge in [0.25, 0.3) is 0 Å². The average Bonchev–Trinajstić information content (AvgIpc) is 2.09. The molecule has 0 spiro atoms. The van der Waals surface area contributed by atoms with E-state index in [1.54, 1.807) is 6.08 Å². The topological polar surface area (TPSA) is 46.2 Å². The van der Waals surface area contributed by atoms with E-state index in [0.29, 0.717) is 19.3 Å². The largest absolute Gasteiger partial charge is 0.511 e. The summed E-state index contributed by atoms with van der Waals surface area (Å²) in [5.41, 5.74) is -2.72. The molecule has 3 nitrogen and oxygen atoms in total. The minimum Gasteiger partial charge on any atom is -0.207 e. The summed E-state index contributed by atoms with van der Waals surface area (Å²) in [4.78, 5) is 0. The van der Waals surface area contributed by atoms with E-state index in [-0.39, 0.29) is 6.54 Å². The molecule has 0 aliphatic carbocycles. The van der Waals surface area contributed by atoms with Crippen molar-refractivity contribution < 1.29 is 21.6 Å². The van der Waals surface area contributed by atoms with Gasteiger partial charge in [0.15, 0.2) is 0 Å². The maximum atomic E-state index is 11.8. The highest BCUT2D eigenvalue weighted by Gasteiger charge is 2.45. The molecule has 15 heavy (non-hydrogen) atoms. The molecule has 0 aromatic carbocycles. The summed E-state index contributed by atoms with van der Waals surface area (Å²) >= 11 is 0. The number of allylic oxidation sites excluding steroid dienone is 1. The maximum absolute atomic E-state index is 11.8. The van der Waals surface area contributed by atoms with Crippen LogP contribution in [0.15, 0.2) is 18.4 Å². The predicted molar refractivity (Wildman–Crippen MR) is 50.5 cm³/mol. The quantitative estimate of drug-likeness (QED) is 0.572. The molecule has 0 atom stereocenters. The summed E-state index contributed by atoms with van der Waals surface area (Å²) in [6.45, 7) is 3.09. The van der Waals surface area contributed by atoms with Gasteiger partial charge in [0, 0.05) is 6.54 Å². The molecule has 0 aliphatic rings. The highest BCUT2D eigenvalue weighted by Crippen LogP contribution is 2.21. The molecule has 1 N–H and O–H groups in total. The number of rotatable bonds is 6. The molecule has 0 saturated heterocycles.